The van der Waals surface area contributed by atoms with Gasteiger partial charge in [-0.05, 0) is 37.5 Å². The first kappa shape index (κ1) is 12.2. The van der Waals surface area contributed by atoms with Gasteiger partial charge in [0, 0.05) is 11.5 Å². The van der Waals surface area contributed by atoms with Crippen molar-refractivity contribution in [2.75, 3.05) is 0 Å². The Balaban J connectivity index is 2.43. The second kappa shape index (κ2) is 4.56. The van der Waals surface area contributed by atoms with Gasteiger partial charge in [-0.15, -0.1) is 0 Å². The molecule has 0 heterocycles. The minimum atomic E-state index is 0.105. The van der Waals surface area contributed by atoms with Crippen LogP contribution in [-0.2, 0) is 5.41 Å². The first-order valence-electron chi connectivity index (χ1n) is 5.77. The van der Waals surface area contributed by atoms with Crippen LogP contribution in [0.3, 0.4) is 0 Å². The number of benzene rings is 1. The Hall–Kier alpha value is -0.240. The van der Waals surface area contributed by atoms with E-state index in [1.165, 1.54) is 18.4 Å². The van der Waals surface area contributed by atoms with Gasteiger partial charge in [0.25, 0.3) is 0 Å². The molecule has 1 aromatic carbocycles. The van der Waals surface area contributed by atoms with Crippen LogP contribution in [0.2, 0.25) is 10.0 Å². The van der Waals surface area contributed by atoms with Gasteiger partial charge in [-0.1, -0.05) is 42.1 Å². The molecule has 3 heteroatoms. The van der Waals surface area contributed by atoms with Crippen molar-refractivity contribution in [3.05, 3.63) is 33.8 Å². The standard InChI is InChI=1S/C13H17Cl2N/c1-9(16)13(6-2-3-7-13)10-4-5-11(14)12(15)8-10/h4-5,8-9H,2-3,6-7,16H2,1H3. The van der Waals surface area contributed by atoms with Gasteiger partial charge in [0.05, 0.1) is 10.0 Å². The molecular weight excluding hydrogens is 241 g/mol. The van der Waals surface area contributed by atoms with Crippen LogP contribution in [-0.4, -0.2) is 6.04 Å². The maximum atomic E-state index is 6.18. The molecule has 0 saturated heterocycles. The van der Waals surface area contributed by atoms with Gasteiger partial charge in [-0.25, -0.2) is 0 Å². The molecule has 1 unspecified atom stereocenters. The molecule has 0 spiro atoms. The van der Waals surface area contributed by atoms with E-state index in [1.807, 2.05) is 12.1 Å². The van der Waals surface area contributed by atoms with Crippen LogP contribution < -0.4 is 5.73 Å². The van der Waals surface area contributed by atoms with Gasteiger partial charge in [-0.2, -0.15) is 0 Å². The monoisotopic (exact) mass is 257 g/mol. The number of hydrogen-bond donors (Lipinski definition) is 1. The average molecular weight is 258 g/mol. The van der Waals surface area contributed by atoms with Crippen molar-refractivity contribution in [1.82, 2.24) is 0 Å². The van der Waals surface area contributed by atoms with Crippen LogP contribution >= 0.6 is 23.2 Å². The van der Waals surface area contributed by atoms with E-state index in [0.717, 1.165) is 12.8 Å². The van der Waals surface area contributed by atoms with Crippen molar-refractivity contribution in [3.8, 4) is 0 Å². The second-order valence-electron chi connectivity index (χ2n) is 4.78. The van der Waals surface area contributed by atoms with Crippen LogP contribution in [0.15, 0.2) is 18.2 Å². The van der Waals surface area contributed by atoms with E-state index in [2.05, 4.69) is 13.0 Å². The Labute approximate surface area is 107 Å². The molecule has 1 aromatic rings. The molecule has 1 atom stereocenters. The summed E-state index contributed by atoms with van der Waals surface area (Å²) in [5.41, 5.74) is 7.53. The van der Waals surface area contributed by atoms with Gasteiger partial charge < -0.3 is 5.73 Å². The molecular formula is C13H17Cl2N. The summed E-state index contributed by atoms with van der Waals surface area (Å²) < 4.78 is 0. The van der Waals surface area contributed by atoms with Gasteiger partial charge in [0.2, 0.25) is 0 Å². The minimum Gasteiger partial charge on any atom is -0.327 e. The van der Waals surface area contributed by atoms with Crippen LogP contribution in [0.25, 0.3) is 0 Å². The van der Waals surface area contributed by atoms with Crippen molar-refractivity contribution in [2.45, 2.75) is 44.1 Å². The Kier molecular flexibility index (Phi) is 3.48. The number of hydrogen-bond acceptors (Lipinski definition) is 1. The van der Waals surface area contributed by atoms with Gasteiger partial charge >= 0.3 is 0 Å². The van der Waals surface area contributed by atoms with Crippen molar-refractivity contribution >= 4 is 23.2 Å². The maximum Gasteiger partial charge on any atom is 0.0595 e. The Morgan fingerprint density at radius 1 is 1.19 bits per heavy atom. The number of nitrogens with two attached hydrogens (primary N) is 1. The van der Waals surface area contributed by atoms with Crippen LogP contribution in [0.4, 0.5) is 0 Å². The zero-order valence-electron chi connectivity index (χ0n) is 9.47. The number of halogens is 2. The Morgan fingerprint density at radius 2 is 1.81 bits per heavy atom. The van der Waals surface area contributed by atoms with Crippen molar-refractivity contribution in [3.63, 3.8) is 0 Å². The summed E-state index contributed by atoms with van der Waals surface area (Å²) in [6.45, 7) is 2.09. The molecule has 16 heavy (non-hydrogen) atoms. The normalized spacial score (nSPS) is 21.0. The third-order valence-electron chi connectivity index (χ3n) is 3.86. The molecule has 0 aliphatic heterocycles. The molecule has 88 valence electrons. The second-order valence-corrected chi connectivity index (χ2v) is 5.60. The van der Waals surface area contributed by atoms with E-state index in [-0.39, 0.29) is 11.5 Å². The largest absolute Gasteiger partial charge is 0.327 e. The number of rotatable bonds is 2. The SMILES string of the molecule is CC(N)C1(c2ccc(Cl)c(Cl)c2)CCCC1. The maximum absolute atomic E-state index is 6.18. The molecule has 1 aliphatic carbocycles. The summed E-state index contributed by atoms with van der Waals surface area (Å²) in [4.78, 5) is 0. The summed E-state index contributed by atoms with van der Waals surface area (Å²) in [6, 6.07) is 6.09. The zero-order chi connectivity index (χ0) is 11.8. The molecule has 0 bridgehead atoms. The molecule has 0 radical (unpaired) electrons. The summed E-state index contributed by atoms with van der Waals surface area (Å²) in [7, 11) is 0. The lowest BCUT2D eigenvalue weighted by Gasteiger charge is -2.34. The molecule has 2 rings (SSSR count). The highest BCUT2D eigenvalue weighted by Crippen LogP contribution is 2.44. The molecule has 1 saturated carbocycles. The lowest BCUT2D eigenvalue weighted by atomic mass is 9.74. The van der Waals surface area contributed by atoms with E-state index in [4.69, 9.17) is 28.9 Å². The fraction of sp³-hybridized carbons (Fsp3) is 0.538. The van der Waals surface area contributed by atoms with E-state index >= 15 is 0 Å². The smallest absolute Gasteiger partial charge is 0.0595 e. The summed E-state index contributed by atoms with van der Waals surface area (Å²) >= 11 is 12.0. The predicted octanol–water partition coefficient (Wildman–Crippen LogP) is 4.15. The highest BCUT2D eigenvalue weighted by molar-refractivity contribution is 6.42. The summed E-state index contributed by atoms with van der Waals surface area (Å²) in [5.74, 6) is 0. The fourth-order valence-electron chi connectivity index (χ4n) is 2.82. The molecule has 1 aliphatic rings. The quantitative estimate of drug-likeness (QED) is 0.847. The summed E-state index contributed by atoms with van der Waals surface area (Å²) in [6.07, 6.45) is 4.81. The molecule has 0 aromatic heterocycles. The minimum absolute atomic E-state index is 0.105. The van der Waals surface area contributed by atoms with Gasteiger partial charge in [-0.3, -0.25) is 0 Å². The topological polar surface area (TPSA) is 26.0 Å². The average Bonchev–Trinajstić information content (AvgIpc) is 2.72. The lowest BCUT2D eigenvalue weighted by Crippen LogP contribution is -2.41. The van der Waals surface area contributed by atoms with Crippen molar-refractivity contribution < 1.29 is 0 Å². The van der Waals surface area contributed by atoms with E-state index in [0.29, 0.717) is 10.0 Å². The predicted molar refractivity (Wildman–Crippen MR) is 70.3 cm³/mol. The highest BCUT2D eigenvalue weighted by atomic mass is 35.5. The van der Waals surface area contributed by atoms with Crippen molar-refractivity contribution in [2.24, 2.45) is 5.73 Å². The molecule has 1 fully saturated rings. The van der Waals surface area contributed by atoms with E-state index in [1.54, 1.807) is 0 Å². The molecule has 2 N–H and O–H groups in total. The van der Waals surface area contributed by atoms with Crippen LogP contribution in [0, 0.1) is 0 Å². The van der Waals surface area contributed by atoms with Crippen molar-refractivity contribution in [1.29, 1.82) is 0 Å². The summed E-state index contributed by atoms with van der Waals surface area (Å²) in [5, 5.41) is 1.24. The van der Waals surface area contributed by atoms with Gasteiger partial charge in [0.1, 0.15) is 0 Å². The Morgan fingerprint density at radius 3 is 2.31 bits per heavy atom. The lowest BCUT2D eigenvalue weighted by molar-refractivity contribution is 0.368. The molecule has 1 nitrogen and oxygen atoms in total. The van der Waals surface area contributed by atoms with Gasteiger partial charge in [0.15, 0.2) is 0 Å². The van der Waals surface area contributed by atoms with E-state index in [9.17, 15) is 0 Å². The van der Waals surface area contributed by atoms with Crippen LogP contribution in [0.1, 0.15) is 38.2 Å². The molecule has 0 amide bonds. The third kappa shape index (κ3) is 1.97. The highest BCUT2D eigenvalue weighted by Gasteiger charge is 2.39. The van der Waals surface area contributed by atoms with E-state index < -0.39 is 0 Å². The Bertz CT molecular complexity index is 382. The first-order valence-corrected chi connectivity index (χ1v) is 6.53. The van der Waals surface area contributed by atoms with Crippen LogP contribution in [0.5, 0.6) is 0 Å². The first-order chi connectivity index (χ1) is 7.56. The fourth-order valence-corrected chi connectivity index (χ4v) is 3.12. The third-order valence-corrected chi connectivity index (χ3v) is 4.60. The zero-order valence-corrected chi connectivity index (χ0v) is 11.0.